The van der Waals surface area contributed by atoms with Crippen LogP contribution >= 0.6 is 11.3 Å². The number of thiophene rings is 1. The molecule has 7 heterocycles. The van der Waals surface area contributed by atoms with Gasteiger partial charge in [-0.1, -0.05) is 39.8 Å². The Morgan fingerprint density at radius 2 is 1.13 bits per heavy atom. The number of ether oxygens (including phenoxy) is 4. The summed E-state index contributed by atoms with van der Waals surface area (Å²) in [7, 11) is 0. The molecular formula is C46H56N8O8S. The number of hydrogen-bond donors (Lipinski definition) is 4. The van der Waals surface area contributed by atoms with Crippen molar-refractivity contribution in [1.82, 2.24) is 40.4 Å². The van der Waals surface area contributed by atoms with E-state index in [9.17, 15) is 19.2 Å². The van der Waals surface area contributed by atoms with Gasteiger partial charge in [0.05, 0.1) is 60.6 Å². The van der Waals surface area contributed by atoms with E-state index in [1.165, 1.54) is 0 Å². The molecule has 4 amide bonds. The molecule has 4 aliphatic rings. The number of H-pyrrole nitrogens is 2. The summed E-state index contributed by atoms with van der Waals surface area (Å²) in [4.78, 5) is 74.3. The summed E-state index contributed by atoms with van der Waals surface area (Å²) >= 11 is 1.63. The molecule has 2 aromatic carbocycles. The Hall–Kier alpha value is -5.52. The average Bonchev–Trinajstić information content (AvgIpc) is 4.11. The number of nitrogens with zero attached hydrogens (tertiary/aromatic N) is 4. The minimum absolute atomic E-state index is 0.142. The standard InChI is InChI=1S/C46H56N8O8S/c1-25(2)39(51-45(57)61-29-13-17-59-21-29)43(55)53-15-5-7-37(53)41-47-33-11-9-27(19-35(33)49-41)31-23-63-24-32(31)28-10-12-34-36(20-28)50-42(48-34)38-8-6-16-54(38)44(56)40(26(3)4)52-46(58)62-30-14-18-60-22-30/h9-12,19-20,23-26,29-30,37-40H,5-8,13-18,21-22H2,1-4H3,(H,47,49)(H,48,50)(H,51,57)(H,52,58)/t29-,30-,37-,38-,39-,40-/m0/s1. The van der Waals surface area contributed by atoms with Gasteiger partial charge in [-0.2, -0.15) is 11.3 Å². The first-order chi connectivity index (χ1) is 30.5. The van der Waals surface area contributed by atoms with Crippen LogP contribution in [-0.2, 0) is 28.5 Å². The predicted octanol–water partition coefficient (Wildman–Crippen LogP) is 7.24. The summed E-state index contributed by atoms with van der Waals surface area (Å²) < 4.78 is 21.7. The van der Waals surface area contributed by atoms with Crippen LogP contribution in [0.1, 0.15) is 90.0 Å². The quantitative estimate of drug-likeness (QED) is 0.0993. The van der Waals surface area contributed by atoms with Crippen LogP contribution in [0, 0.1) is 11.8 Å². The highest BCUT2D eigenvalue weighted by atomic mass is 32.1. The SMILES string of the molecule is CC(C)[C@H](NC(=O)O[C@H]1CCOC1)C(=O)N1CCC[C@H]1c1nc2cc(-c3cscc3-c3ccc4[nH]c([C@@H]5CCCN5C(=O)[C@@H](NC(=O)O[C@H]5CCOC5)C(C)C)nc4c3)ccc2[nH]1. The van der Waals surface area contributed by atoms with Gasteiger partial charge in [-0.15, -0.1) is 0 Å². The maximum absolute atomic E-state index is 14.0. The Labute approximate surface area is 369 Å². The molecule has 0 aliphatic carbocycles. The minimum atomic E-state index is -0.733. The number of likely N-dealkylation sites (tertiary alicyclic amines) is 2. The van der Waals surface area contributed by atoms with Crippen molar-refractivity contribution in [3.8, 4) is 22.3 Å². The third kappa shape index (κ3) is 9.00. The molecule has 4 saturated heterocycles. The fraction of sp³-hybridized carbons (Fsp3) is 0.522. The van der Waals surface area contributed by atoms with Crippen molar-refractivity contribution in [2.75, 3.05) is 39.5 Å². The molecule has 0 radical (unpaired) electrons. The number of carbonyl (C=O) groups excluding carboxylic acids is 4. The van der Waals surface area contributed by atoms with Gasteiger partial charge < -0.3 is 49.3 Å². The monoisotopic (exact) mass is 880 g/mol. The number of amides is 4. The fourth-order valence-corrected chi connectivity index (χ4v) is 10.2. The van der Waals surface area contributed by atoms with Crippen LogP contribution in [0.15, 0.2) is 47.2 Å². The first kappa shape index (κ1) is 42.8. The highest BCUT2D eigenvalue weighted by molar-refractivity contribution is 7.08. The summed E-state index contributed by atoms with van der Waals surface area (Å²) in [6.45, 7) is 10.7. The van der Waals surface area contributed by atoms with Crippen LogP contribution in [0.5, 0.6) is 0 Å². The second-order valence-electron chi connectivity index (χ2n) is 17.8. The van der Waals surface area contributed by atoms with Crippen molar-refractivity contribution in [2.24, 2.45) is 11.8 Å². The van der Waals surface area contributed by atoms with Crippen molar-refractivity contribution in [1.29, 1.82) is 0 Å². The molecule has 5 aromatic rings. The van der Waals surface area contributed by atoms with Crippen molar-refractivity contribution >= 4 is 57.4 Å². The molecular weight excluding hydrogens is 825 g/mol. The second kappa shape index (κ2) is 18.3. The van der Waals surface area contributed by atoms with Crippen LogP contribution < -0.4 is 10.6 Å². The molecule has 3 aromatic heterocycles. The lowest BCUT2D eigenvalue weighted by atomic mass is 9.98. The van der Waals surface area contributed by atoms with Crippen LogP contribution in [-0.4, -0.2) is 118 Å². The summed E-state index contributed by atoms with van der Waals surface area (Å²) in [5, 5.41) is 9.96. The highest BCUT2D eigenvalue weighted by Crippen LogP contribution is 2.39. The Kier molecular flexibility index (Phi) is 12.4. The van der Waals surface area contributed by atoms with Crippen LogP contribution in [0.25, 0.3) is 44.3 Å². The van der Waals surface area contributed by atoms with Gasteiger partial charge in [0.15, 0.2) is 0 Å². The maximum atomic E-state index is 14.0. The largest absolute Gasteiger partial charge is 0.444 e. The predicted molar refractivity (Wildman–Crippen MR) is 237 cm³/mol. The molecule has 9 rings (SSSR count). The van der Waals surface area contributed by atoms with E-state index in [-0.39, 0.29) is 47.9 Å². The molecule has 4 N–H and O–H groups in total. The third-order valence-electron chi connectivity index (χ3n) is 12.7. The number of benzene rings is 2. The molecule has 0 saturated carbocycles. The van der Waals surface area contributed by atoms with Gasteiger partial charge in [-0.25, -0.2) is 19.6 Å². The molecule has 0 unspecified atom stereocenters. The number of fused-ring (bicyclic) bond motifs is 2. The van der Waals surface area contributed by atoms with Crippen LogP contribution in [0.2, 0.25) is 0 Å². The van der Waals surface area contributed by atoms with Crippen molar-refractivity contribution < 1.29 is 38.1 Å². The minimum Gasteiger partial charge on any atom is -0.444 e. The number of imidazole rings is 2. The number of rotatable bonds is 12. The molecule has 63 heavy (non-hydrogen) atoms. The van der Waals surface area contributed by atoms with Gasteiger partial charge in [0.25, 0.3) is 0 Å². The molecule has 0 bridgehead atoms. The molecule has 4 fully saturated rings. The number of aromatic nitrogens is 4. The van der Waals surface area contributed by atoms with E-state index in [1.807, 2.05) is 49.6 Å². The average molecular weight is 881 g/mol. The van der Waals surface area contributed by atoms with Crippen molar-refractivity contribution in [3.63, 3.8) is 0 Å². The smallest absolute Gasteiger partial charge is 0.408 e. The molecule has 334 valence electrons. The zero-order valence-corrected chi connectivity index (χ0v) is 37.0. The van der Waals surface area contributed by atoms with Gasteiger partial charge >= 0.3 is 12.2 Å². The second-order valence-corrected chi connectivity index (χ2v) is 18.5. The summed E-state index contributed by atoms with van der Waals surface area (Å²) in [6, 6.07) is 10.5. The molecule has 6 atom stereocenters. The van der Waals surface area contributed by atoms with Crippen molar-refractivity contribution in [3.05, 3.63) is 58.8 Å². The third-order valence-corrected chi connectivity index (χ3v) is 13.5. The zero-order valence-electron chi connectivity index (χ0n) is 36.2. The lowest BCUT2D eigenvalue weighted by molar-refractivity contribution is -0.136. The number of aromatic amines is 2. The first-order valence-corrected chi connectivity index (χ1v) is 23.2. The van der Waals surface area contributed by atoms with E-state index in [2.05, 4.69) is 55.6 Å². The van der Waals surface area contributed by atoms with Gasteiger partial charge in [-0.05, 0) is 83.7 Å². The van der Waals surface area contributed by atoms with Gasteiger partial charge in [0, 0.05) is 37.1 Å². The molecule has 17 heteroatoms. The van der Waals surface area contributed by atoms with E-state index in [0.29, 0.717) is 52.4 Å². The Balaban J connectivity index is 0.901. The normalized spacial score (nSPS) is 22.4. The number of nitrogens with one attached hydrogen (secondary N) is 4. The van der Waals surface area contributed by atoms with E-state index >= 15 is 0 Å². The molecule has 16 nitrogen and oxygen atoms in total. The summed E-state index contributed by atoms with van der Waals surface area (Å²) in [5.74, 6) is 0.874. The van der Waals surface area contributed by atoms with E-state index in [4.69, 9.17) is 28.9 Å². The van der Waals surface area contributed by atoms with Crippen molar-refractivity contribution in [2.45, 2.75) is 103 Å². The topological polar surface area (TPSA) is 193 Å². The van der Waals surface area contributed by atoms with Gasteiger partial charge in [0.2, 0.25) is 11.8 Å². The van der Waals surface area contributed by atoms with Crippen LogP contribution in [0.4, 0.5) is 9.59 Å². The number of carbonyl (C=O) groups is 4. The zero-order chi connectivity index (χ0) is 43.8. The van der Waals surface area contributed by atoms with Gasteiger partial charge in [0.1, 0.15) is 35.9 Å². The van der Waals surface area contributed by atoms with Gasteiger partial charge in [-0.3, -0.25) is 9.59 Å². The summed E-state index contributed by atoms with van der Waals surface area (Å²) in [6.07, 6.45) is 2.68. The number of alkyl carbamates (subject to hydrolysis) is 2. The van der Waals surface area contributed by atoms with E-state index < -0.39 is 24.3 Å². The lowest BCUT2D eigenvalue weighted by Gasteiger charge is -2.30. The lowest BCUT2D eigenvalue weighted by Crippen LogP contribution is -2.51. The Morgan fingerprint density at radius 1 is 0.683 bits per heavy atom. The van der Waals surface area contributed by atoms with E-state index in [0.717, 1.165) is 81.7 Å². The van der Waals surface area contributed by atoms with E-state index in [1.54, 1.807) is 11.3 Å². The number of hydrogen-bond acceptors (Lipinski definition) is 11. The molecule has 4 aliphatic heterocycles. The Bertz CT molecular complexity index is 2300. The maximum Gasteiger partial charge on any atom is 0.408 e. The highest BCUT2D eigenvalue weighted by Gasteiger charge is 2.40. The first-order valence-electron chi connectivity index (χ1n) is 22.3. The Morgan fingerprint density at radius 3 is 1.52 bits per heavy atom. The molecule has 0 spiro atoms. The summed E-state index contributed by atoms with van der Waals surface area (Å²) in [5.41, 5.74) is 7.54. The van der Waals surface area contributed by atoms with Crippen LogP contribution in [0.3, 0.4) is 0 Å². The fourth-order valence-electron chi connectivity index (χ4n) is 9.30.